The summed E-state index contributed by atoms with van der Waals surface area (Å²) in [6, 6.07) is 0. The average molecular weight is 189 g/mol. The van der Waals surface area contributed by atoms with E-state index in [1.165, 1.54) is 0 Å². The van der Waals surface area contributed by atoms with Gasteiger partial charge in [-0.05, 0) is 6.42 Å². The molecule has 0 aliphatic heterocycles. The molecule has 0 aliphatic rings. The maximum absolute atomic E-state index is 10.6. The quantitative estimate of drug-likeness (QED) is 0.491. The molecule has 0 aromatic heterocycles. The standard InChI is InChI=1S/C8H15NO2S/c1-2-3-4-5-6(7(9)12)8(10)11/h6H,2-5H2,1H3,(H2,9,12)(H,10,11). The summed E-state index contributed by atoms with van der Waals surface area (Å²) in [5.74, 6) is -1.54. The Kier molecular flexibility index (Phi) is 5.62. The van der Waals surface area contributed by atoms with Crippen molar-refractivity contribution in [1.29, 1.82) is 0 Å². The summed E-state index contributed by atoms with van der Waals surface area (Å²) in [7, 11) is 0. The van der Waals surface area contributed by atoms with Crippen LogP contribution in [-0.2, 0) is 4.79 Å². The highest BCUT2D eigenvalue weighted by Gasteiger charge is 2.19. The second kappa shape index (κ2) is 5.94. The van der Waals surface area contributed by atoms with Crippen molar-refractivity contribution in [2.45, 2.75) is 32.6 Å². The van der Waals surface area contributed by atoms with Gasteiger partial charge in [0.05, 0.1) is 4.99 Å². The number of aliphatic carboxylic acids is 1. The van der Waals surface area contributed by atoms with E-state index in [9.17, 15) is 4.79 Å². The van der Waals surface area contributed by atoms with Gasteiger partial charge in [0.25, 0.3) is 0 Å². The maximum Gasteiger partial charge on any atom is 0.313 e. The molecule has 0 amide bonds. The van der Waals surface area contributed by atoms with Crippen LogP contribution in [0.2, 0.25) is 0 Å². The molecule has 1 unspecified atom stereocenters. The first-order valence-electron chi connectivity index (χ1n) is 4.11. The van der Waals surface area contributed by atoms with E-state index in [0.29, 0.717) is 6.42 Å². The fraction of sp³-hybridized carbons (Fsp3) is 0.750. The van der Waals surface area contributed by atoms with Crippen molar-refractivity contribution >= 4 is 23.2 Å². The summed E-state index contributed by atoms with van der Waals surface area (Å²) in [6.07, 6.45) is 3.55. The molecule has 12 heavy (non-hydrogen) atoms. The number of hydrogen-bond acceptors (Lipinski definition) is 2. The van der Waals surface area contributed by atoms with Crippen LogP contribution < -0.4 is 5.73 Å². The van der Waals surface area contributed by atoms with Crippen LogP contribution in [0.3, 0.4) is 0 Å². The first-order chi connectivity index (χ1) is 5.59. The van der Waals surface area contributed by atoms with Gasteiger partial charge in [-0.3, -0.25) is 4.79 Å². The van der Waals surface area contributed by atoms with Crippen LogP contribution >= 0.6 is 12.2 Å². The number of carboxylic acid groups (broad SMARTS) is 1. The van der Waals surface area contributed by atoms with Gasteiger partial charge in [-0.25, -0.2) is 0 Å². The lowest BCUT2D eigenvalue weighted by atomic mass is 10.0. The molecular formula is C8H15NO2S. The Hall–Kier alpha value is -0.640. The summed E-state index contributed by atoms with van der Waals surface area (Å²) < 4.78 is 0. The Morgan fingerprint density at radius 1 is 1.58 bits per heavy atom. The number of carboxylic acids is 1. The minimum atomic E-state index is -0.904. The van der Waals surface area contributed by atoms with Crippen LogP contribution in [0.1, 0.15) is 32.6 Å². The third-order valence-corrected chi connectivity index (χ3v) is 2.02. The van der Waals surface area contributed by atoms with Crippen LogP contribution in [-0.4, -0.2) is 16.1 Å². The minimum absolute atomic E-state index is 0.0959. The first kappa shape index (κ1) is 11.4. The lowest BCUT2D eigenvalue weighted by Crippen LogP contribution is -2.28. The topological polar surface area (TPSA) is 63.3 Å². The number of rotatable bonds is 6. The monoisotopic (exact) mass is 189 g/mol. The van der Waals surface area contributed by atoms with Crippen molar-refractivity contribution in [2.75, 3.05) is 0 Å². The molecule has 0 rings (SSSR count). The molecule has 0 bridgehead atoms. The molecule has 70 valence electrons. The molecule has 0 fully saturated rings. The second-order valence-corrected chi connectivity index (χ2v) is 3.26. The zero-order valence-corrected chi connectivity index (χ0v) is 8.06. The zero-order valence-electron chi connectivity index (χ0n) is 7.25. The Labute approximate surface area is 77.9 Å². The number of nitrogens with two attached hydrogens (primary N) is 1. The van der Waals surface area contributed by atoms with Crippen molar-refractivity contribution in [3.8, 4) is 0 Å². The molecule has 0 aromatic carbocycles. The van der Waals surface area contributed by atoms with Crippen molar-refractivity contribution in [3.63, 3.8) is 0 Å². The first-order valence-corrected chi connectivity index (χ1v) is 4.52. The summed E-state index contributed by atoms with van der Waals surface area (Å²) in [5.41, 5.74) is 5.27. The zero-order chi connectivity index (χ0) is 9.56. The van der Waals surface area contributed by atoms with Gasteiger partial charge in [-0.15, -0.1) is 0 Å². The largest absolute Gasteiger partial charge is 0.481 e. The van der Waals surface area contributed by atoms with Gasteiger partial charge in [0.2, 0.25) is 0 Å². The third kappa shape index (κ3) is 4.28. The highest BCUT2D eigenvalue weighted by Crippen LogP contribution is 2.10. The van der Waals surface area contributed by atoms with E-state index >= 15 is 0 Å². The van der Waals surface area contributed by atoms with E-state index in [1.54, 1.807) is 0 Å². The molecule has 0 spiro atoms. The molecule has 0 heterocycles. The Morgan fingerprint density at radius 3 is 2.50 bits per heavy atom. The number of thiocarbonyl (C=S) groups is 1. The predicted octanol–water partition coefficient (Wildman–Crippen LogP) is 1.55. The van der Waals surface area contributed by atoms with E-state index in [1.807, 2.05) is 0 Å². The Balaban J connectivity index is 3.80. The molecule has 3 nitrogen and oxygen atoms in total. The average Bonchev–Trinajstić information content (AvgIpc) is 1.96. The van der Waals surface area contributed by atoms with Crippen LogP contribution in [0.15, 0.2) is 0 Å². The van der Waals surface area contributed by atoms with Crippen LogP contribution in [0.25, 0.3) is 0 Å². The Morgan fingerprint density at radius 2 is 2.17 bits per heavy atom. The van der Waals surface area contributed by atoms with E-state index in [0.717, 1.165) is 19.3 Å². The van der Waals surface area contributed by atoms with Gasteiger partial charge in [0.1, 0.15) is 5.92 Å². The van der Waals surface area contributed by atoms with Gasteiger partial charge < -0.3 is 10.8 Å². The molecule has 0 aliphatic carbocycles. The van der Waals surface area contributed by atoms with Crippen molar-refractivity contribution in [3.05, 3.63) is 0 Å². The Bertz CT molecular complexity index is 156. The van der Waals surface area contributed by atoms with E-state index in [4.69, 9.17) is 10.8 Å². The van der Waals surface area contributed by atoms with Crippen LogP contribution in [0, 0.1) is 5.92 Å². The van der Waals surface area contributed by atoms with Gasteiger partial charge in [0.15, 0.2) is 0 Å². The number of hydrogen-bond donors (Lipinski definition) is 2. The molecule has 4 heteroatoms. The summed E-state index contributed by atoms with van der Waals surface area (Å²) in [4.78, 5) is 10.7. The molecule has 0 aromatic rings. The maximum atomic E-state index is 10.6. The van der Waals surface area contributed by atoms with Gasteiger partial charge in [-0.1, -0.05) is 38.4 Å². The summed E-state index contributed by atoms with van der Waals surface area (Å²) >= 11 is 4.64. The molecule has 0 saturated carbocycles. The van der Waals surface area contributed by atoms with Crippen molar-refractivity contribution in [2.24, 2.45) is 11.7 Å². The van der Waals surface area contributed by atoms with Crippen molar-refractivity contribution in [1.82, 2.24) is 0 Å². The minimum Gasteiger partial charge on any atom is -0.481 e. The van der Waals surface area contributed by atoms with Crippen molar-refractivity contribution < 1.29 is 9.90 Å². The van der Waals surface area contributed by atoms with E-state index in [-0.39, 0.29) is 4.99 Å². The van der Waals surface area contributed by atoms with Crippen LogP contribution in [0.4, 0.5) is 0 Å². The molecule has 0 radical (unpaired) electrons. The molecule has 3 N–H and O–H groups in total. The van der Waals surface area contributed by atoms with Crippen LogP contribution in [0.5, 0.6) is 0 Å². The third-order valence-electron chi connectivity index (χ3n) is 1.74. The lowest BCUT2D eigenvalue weighted by Gasteiger charge is -2.08. The fourth-order valence-corrected chi connectivity index (χ4v) is 1.20. The summed E-state index contributed by atoms with van der Waals surface area (Å²) in [5, 5.41) is 8.68. The van der Waals surface area contributed by atoms with Gasteiger partial charge in [0, 0.05) is 0 Å². The summed E-state index contributed by atoms with van der Waals surface area (Å²) in [6.45, 7) is 2.07. The van der Waals surface area contributed by atoms with E-state index < -0.39 is 11.9 Å². The number of carbonyl (C=O) groups is 1. The normalized spacial score (nSPS) is 12.4. The number of unbranched alkanes of at least 4 members (excludes halogenated alkanes) is 2. The van der Waals surface area contributed by atoms with Gasteiger partial charge >= 0.3 is 5.97 Å². The second-order valence-electron chi connectivity index (χ2n) is 2.79. The SMILES string of the molecule is CCCCCC(C(=O)O)C(N)=S. The van der Waals surface area contributed by atoms with E-state index in [2.05, 4.69) is 19.1 Å². The molecule has 1 atom stereocenters. The molecular weight excluding hydrogens is 174 g/mol. The highest BCUT2D eigenvalue weighted by molar-refractivity contribution is 7.80. The predicted molar refractivity (Wildman–Crippen MR) is 52.1 cm³/mol. The lowest BCUT2D eigenvalue weighted by molar-refractivity contribution is -0.139. The van der Waals surface area contributed by atoms with Gasteiger partial charge in [-0.2, -0.15) is 0 Å². The smallest absolute Gasteiger partial charge is 0.313 e. The molecule has 0 saturated heterocycles. The highest BCUT2D eigenvalue weighted by atomic mass is 32.1. The fourth-order valence-electron chi connectivity index (χ4n) is 0.986.